The predicted molar refractivity (Wildman–Crippen MR) is 111 cm³/mol. The van der Waals surface area contributed by atoms with E-state index in [4.69, 9.17) is 4.74 Å². The maximum atomic E-state index is 5.48. The van der Waals surface area contributed by atoms with Gasteiger partial charge in [0.2, 0.25) is 5.95 Å². The second kappa shape index (κ2) is 8.54. The molecule has 0 aliphatic carbocycles. The van der Waals surface area contributed by atoms with Crippen molar-refractivity contribution < 1.29 is 4.74 Å². The molecule has 0 spiro atoms. The zero-order valence-corrected chi connectivity index (χ0v) is 16.3. The van der Waals surface area contributed by atoms with E-state index in [-0.39, 0.29) is 0 Å². The number of hydrogen-bond acceptors (Lipinski definition) is 5. The third kappa shape index (κ3) is 5.20. The smallest absolute Gasteiger partial charge is 0.229 e. The summed E-state index contributed by atoms with van der Waals surface area (Å²) in [5, 5.41) is 6.60. The monoisotopic (exact) mass is 362 g/mol. The number of aryl methyl sites for hydroxylation is 1. The van der Waals surface area contributed by atoms with Crippen LogP contribution in [0.5, 0.6) is 5.75 Å². The zero-order valence-electron chi connectivity index (χ0n) is 16.3. The van der Waals surface area contributed by atoms with Crippen molar-refractivity contribution in [1.29, 1.82) is 0 Å². The molecule has 0 atom stereocenters. The van der Waals surface area contributed by atoms with Crippen molar-refractivity contribution in [3.05, 3.63) is 65.9 Å². The average molecular weight is 362 g/mol. The van der Waals surface area contributed by atoms with Gasteiger partial charge in [-0.3, -0.25) is 0 Å². The second-order valence-electron chi connectivity index (χ2n) is 6.70. The van der Waals surface area contributed by atoms with Crippen molar-refractivity contribution in [3.63, 3.8) is 0 Å². The van der Waals surface area contributed by atoms with Gasteiger partial charge in [0.25, 0.3) is 0 Å². The average Bonchev–Trinajstić information content (AvgIpc) is 2.63. The third-order valence-electron chi connectivity index (χ3n) is 4.13. The lowest BCUT2D eigenvalue weighted by atomic mass is 10.0. The molecule has 0 aliphatic rings. The highest BCUT2D eigenvalue weighted by Gasteiger charge is 2.05. The highest BCUT2D eigenvalue weighted by Crippen LogP contribution is 2.22. The summed E-state index contributed by atoms with van der Waals surface area (Å²) in [5.74, 6) is 2.68. The van der Waals surface area contributed by atoms with E-state index in [2.05, 4.69) is 58.7 Å². The van der Waals surface area contributed by atoms with E-state index >= 15 is 0 Å². The molecule has 0 amide bonds. The summed E-state index contributed by atoms with van der Waals surface area (Å²) in [5.41, 5.74) is 4.11. The highest BCUT2D eigenvalue weighted by atomic mass is 16.5. The van der Waals surface area contributed by atoms with Crippen molar-refractivity contribution in [2.45, 2.75) is 33.6 Å². The molecule has 3 rings (SSSR count). The van der Waals surface area contributed by atoms with Gasteiger partial charge in [-0.1, -0.05) is 26.0 Å². The standard InChI is InChI=1S/C22H26N4O/c1-5-27-20-12-10-18(11-13-20)24-21-14-16(4)23-22(26-21)25-19-8-6-17(7-9-19)15(2)3/h6-15H,5H2,1-4H3,(H2,23,24,25,26). The minimum absolute atomic E-state index is 0.513. The number of nitrogens with one attached hydrogen (secondary N) is 2. The molecule has 5 heteroatoms. The number of ether oxygens (including phenoxy) is 1. The van der Waals surface area contributed by atoms with Crippen LogP contribution in [0.4, 0.5) is 23.1 Å². The Kier molecular flexibility index (Phi) is 5.91. The van der Waals surface area contributed by atoms with Crippen LogP contribution in [0.15, 0.2) is 54.6 Å². The maximum Gasteiger partial charge on any atom is 0.229 e. The Balaban J connectivity index is 1.73. The predicted octanol–water partition coefficient (Wildman–Crippen LogP) is 5.79. The van der Waals surface area contributed by atoms with E-state index in [1.807, 2.05) is 44.2 Å². The Morgan fingerprint density at radius 2 is 1.52 bits per heavy atom. The van der Waals surface area contributed by atoms with Crippen LogP contribution in [0.1, 0.15) is 37.9 Å². The Hall–Kier alpha value is -3.08. The molecule has 0 saturated carbocycles. The normalized spacial score (nSPS) is 10.7. The number of nitrogens with zero attached hydrogens (tertiary/aromatic N) is 2. The molecule has 3 aromatic rings. The lowest BCUT2D eigenvalue weighted by Crippen LogP contribution is -2.02. The fourth-order valence-corrected chi connectivity index (χ4v) is 2.72. The molecular formula is C22H26N4O. The molecule has 2 aromatic carbocycles. The molecule has 2 N–H and O–H groups in total. The molecular weight excluding hydrogens is 336 g/mol. The maximum absolute atomic E-state index is 5.48. The molecule has 0 bridgehead atoms. The Bertz CT molecular complexity index is 874. The zero-order chi connectivity index (χ0) is 19.2. The lowest BCUT2D eigenvalue weighted by molar-refractivity contribution is 0.340. The van der Waals surface area contributed by atoms with Crippen LogP contribution in [0.3, 0.4) is 0 Å². The number of rotatable bonds is 7. The fourth-order valence-electron chi connectivity index (χ4n) is 2.72. The molecule has 0 aliphatic heterocycles. The van der Waals surface area contributed by atoms with Gasteiger partial charge < -0.3 is 15.4 Å². The van der Waals surface area contributed by atoms with Crippen LogP contribution >= 0.6 is 0 Å². The largest absolute Gasteiger partial charge is 0.494 e. The van der Waals surface area contributed by atoms with Crippen molar-refractivity contribution in [3.8, 4) is 5.75 Å². The quantitative estimate of drug-likeness (QED) is 0.557. The molecule has 1 aromatic heterocycles. The summed E-state index contributed by atoms with van der Waals surface area (Å²) in [6.07, 6.45) is 0. The fraction of sp³-hybridized carbons (Fsp3) is 0.273. The highest BCUT2D eigenvalue weighted by molar-refractivity contribution is 5.61. The Labute approximate surface area is 160 Å². The first kappa shape index (κ1) is 18.7. The Morgan fingerprint density at radius 3 is 2.15 bits per heavy atom. The van der Waals surface area contributed by atoms with E-state index in [0.29, 0.717) is 18.5 Å². The molecule has 5 nitrogen and oxygen atoms in total. The van der Waals surface area contributed by atoms with Crippen LogP contribution in [0.25, 0.3) is 0 Å². The van der Waals surface area contributed by atoms with E-state index in [1.165, 1.54) is 5.56 Å². The van der Waals surface area contributed by atoms with Gasteiger partial charge in [0.05, 0.1) is 6.61 Å². The molecule has 27 heavy (non-hydrogen) atoms. The van der Waals surface area contributed by atoms with Crippen LogP contribution < -0.4 is 15.4 Å². The lowest BCUT2D eigenvalue weighted by Gasteiger charge is -2.11. The van der Waals surface area contributed by atoms with E-state index in [0.717, 1.165) is 28.6 Å². The summed E-state index contributed by atoms with van der Waals surface area (Å²) in [6.45, 7) is 8.96. The summed E-state index contributed by atoms with van der Waals surface area (Å²) < 4.78 is 5.48. The van der Waals surface area contributed by atoms with E-state index < -0.39 is 0 Å². The summed E-state index contributed by atoms with van der Waals surface area (Å²) in [4.78, 5) is 9.06. The number of aromatic nitrogens is 2. The molecule has 0 fully saturated rings. The van der Waals surface area contributed by atoms with Crippen LogP contribution in [-0.2, 0) is 0 Å². The van der Waals surface area contributed by atoms with Gasteiger partial charge in [0.15, 0.2) is 0 Å². The first-order valence-corrected chi connectivity index (χ1v) is 9.26. The number of hydrogen-bond donors (Lipinski definition) is 2. The SMILES string of the molecule is CCOc1ccc(Nc2cc(C)nc(Nc3ccc(C(C)C)cc3)n2)cc1. The van der Waals surface area contributed by atoms with Crippen LogP contribution in [0, 0.1) is 6.92 Å². The first-order chi connectivity index (χ1) is 13.0. The van der Waals surface area contributed by atoms with Gasteiger partial charge in [0, 0.05) is 23.1 Å². The summed E-state index contributed by atoms with van der Waals surface area (Å²) >= 11 is 0. The molecule has 0 saturated heterocycles. The van der Waals surface area contributed by atoms with Crippen LogP contribution in [0.2, 0.25) is 0 Å². The number of anilines is 4. The summed E-state index contributed by atoms with van der Waals surface area (Å²) in [6, 6.07) is 18.1. The van der Waals surface area contributed by atoms with Crippen molar-refractivity contribution >= 4 is 23.1 Å². The number of benzene rings is 2. The van der Waals surface area contributed by atoms with Gasteiger partial charge >= 0.3 is 0 Å². The molecule has 1 heterocycles. The van der Waals surface area contributed by atoms with Gasteiger partial charge in [-0.05, 0) is 61.7 Å². The third-order valence-corrected chi connectivity index (χ3v) is 4.13. The van der Waals surface area contributed by atoms with E-state index in [1.54, 1.807) is 0 Å². The first-order valence-electron chi connectivity index (χ1n) is 9.26. The topological polar surface area (TPSA) is 59.1 Å². The van der Waals surface area contributed by atoms with Crippen molar-refractivity contribution in [1.82, 2.24) is 9.97 Å². The van der Waals surface area contributed by atoms with Crippen molar-refractivity contribution in [2.24, 2.45) is 0 Å². The second-order valence-corrected chi connectivity index (χ2v) is 6.70. The minimum Gasteiger partial charge on any atom is -0.494 e. The van der Waals surface area contributed by atoms with Crippen molar-refractivity contribution in [2.75, 3.05) is 17.2 Å². The molecule has 0 radical (unpaired) electrons. The van der Waals surface area contributed by atoms with Gasteiger partial charge in [-0.25, -0.2) is 4.98 Å². The summed E-state index contributed by atoms with van der Waals surface area (Å²) in [7, 11) is 0. The molecule has 0 unspecified atom stereocenters. The van der Waals surface area contributed by atoms with Gasteiger partial charge in [0.1, 0.15) is 11.6 Å². The van der Waals surface area contributed by atoms with Crippen LogP contribution in [-0.4, -0.2) is 16.6 Å². The van der Waals surface area contributed by atoms with E-state index in [9.17, 15) is 0 Å². The minimum atomic E-state index is 0.513. The van der Waals surface area contributed by atoms with Gasteiger partial charge in [-0.2, -0.15) is 4.98 Å². The Morgan fingerprint density at radius 1 is 0.889 bits per heavy atom. The molecule has 140 valence electrons. The van der Waals surface area contributed by atoms with Gasteiger partial charge in [-0.15, -0.1) is 0 Å².